The smallest absolute Gasteiger partial charge is 0.256 e. The van der Waals surface area contributed by atoms with Crippen LogP contribution in [0.5, 0.6) is 0 Å². The van der Waals surface area contributed by atoms with Gasteiger partial charge >= 0.3 is 0 Å². The van der Waals surface area contributed by atoms with E-state index < -0.39 is 17.3 Å². The highest BCUT2D eigenvalue weighted by molar-refractivity contribution is 6.31. The summed E-state index contributed by atoms with van der Waals surface area (Å²) in [5.74, 6) is -1.23. The van der Waals surface area contributed by atoms with Gasteiger partial charge in [-0.25, -0.2) is 4.39 Å². The Balaban J connectivity index is 1.85. The fourth-order valence-corrected chi connectivity index (χ4v) is 2.75. The molecule has 1 fully saturated rings. The summed E-state index contributed by atoms with van der Waals surface area (Å²) >= 11 is 5.85. The van der Waals surface area contributed by atoms with Crippen LogP contribution in [0, 0.1) is 12.7 Å². The Morgan fingerprint density at radius 2 is 2.32 bits per heavy atom. The summed E-state index contributed by atoms with van der Waals surface area (Å²) in [6.07, 6.45) is 1.73. The van der Waals surface area contributed by atoms with Crippen LogP contribution < -0.4 is 0 Å². The number of hydrogen-bond donors (Lipinski definition) is 2. The van der Waals surface area contributed by atoms with Crippen LogP contribution in [0.2, 0.25) is 5.02 Å². The zero-order valence-corrected chi connectivity index (χ0v) is 12.6. The molecule has 1 unspecified atom stereocenters. The van der Waals surface area contributed by atoms with Crippen LogP contribution in [0.4, 0.5) is 4.39 Å². The lowest BCUT2D eigenvalue weighted by Crippen LogP contribution is -2.35. The van der Waals surface area contributed by atoms with Crippen LogP contribution in [-0.2, 0) is 5.60 Å². The monoisotopic (exact) mass is 324 g/mol. The van der Waals surface area contributed by atoms with Crippen molar-refractivity contribution in [2.75, 3.05) is 13.1 Å². The van der Waals surface area contributed by atoms with Crippen molar-refractivity contribution in [1.82, 2.24) is 20.3 Å². The topological polar surface area (TPSA) is 82.1 Å². The van der Waals surface area contributed by atoms with Crippen LogP contribution >= 0.6 is 11.6 Å². The number of likely N-dealkylation sites (tertiary alicyclic amines) is 1. The molecule has 6 nitrogen and oxygen atoms in total. The number of rotatable bonds is 2. The number of aliphatic hydroxyl groups is 1. The summed E-state index contributed by atoms with van der Waals surface area (Å²) in [4.78, 5) is 13.8. The molecule has 1 aromatic carbocycles. The highest BCUT2D eigenvalue weighted by Crippen LogP contribution is 2.32. The molecule has 1 aliphatic rings. The summed E-state index contributed by atoms with van der Waals surface area (Å²) in [7, 11) is 0. The molecular weight excluding hydrogens is 311 g/mol. The van der Waals surface area contributed by atoms with Gasteiger partial charge in [0.25, 0.3) is 5.91 Å². The quantitative estimate of drug-likeness (QED) is 0.880. The first-order valence-corrected chi connectivity index (χ1v) is 7.13. The summed E-state index contributed by atoms with van der Waals surface area (Å²) in [6, 6.07) is 3.00. The third-order valence-electron chi connectivity index (χ3n) is 3.93. The molecule has 1 aromatic heterocycles. The Hall–Kier alpha value is -1.99. The second-order valence-corrected chi connectivity index (χ2v) is 5.80. The number of nitrogens with zero attached hydrogens (tertiary/aromatic N) is 3. The van der Waals surface area contributed by atoms with E-state index in [9.17, 15) is 14.3 Å². The third kappa shape index (κ3) is 2.36. The standard InChI is InChI=1S/C14H14ClFN4O2/c1-8-2-3-9(12(16)11(8)15)13(21)20-5-4-14(22,7-20)10-6-17-19-18-10/h2-3,6,22H,4-5,7H2,1H3,(H,17,18,19). The predicted octanol–water partition coefficient (Wildman–Crippen LogP) is 1.64. The first-order valence-electron chi connectivity index (χ1n) is 6.75. The Labute approximate surface area is 130 Å². The molecule has 1 amide bonds. The Bertz CT molecular complexity index is 722. The van der Waals surface area contributed by atoms with E-state index in [-0.39, 0.29) is 17.1 Å². The number of β-amino-alcohol motifs (C(OH)–C–C–N with tert-alkyl or cyclic N) is 1. The van der Waals surface area contributed by atoms with Gasteiger partial charge in [0.05, 0.1) is 23.3 Å². The van der Waals surface area contributed by atoms with Crippen LogP contribution in [0.1, 0.15) is 28.0 Å². The first kappa shape index (κ1) is 14.9. The summed E-state index contributed by atoms with van der Waals surface area (Å²) in [5, 5.41) is 20.4. The second kappa shape index (κ2) is 5.33. The lowest BCUT2D eigenvalue weighted by atomic mass is 10.00. The van der Waals surface area contributed by atoms with Gasteiger partial charge in [-0.1, -0.05) is 17.7 Å². The molecule has 0 aliphatic carbocycles. The number of benzene rings is 1. The van der Waals surface area contributed by atoms with Crippen molar-refractivity contribution in [3.05, 3.63) is 46.0 Å². The van der Waals surface area contributed by atoms with E-state index in [0.717, 1.165) is 0 Å². The molecule has 8 heteroatoms. The van der Waals surface area contributed by atoms with E-state index in [4.69, 9.17) is 11.6 Å². The number of amides is 1. The van der Waals surface area contributed by atoms with Crippen molar-refractivity contribution in [3.63, 3.8) is 0 Å². The average Bonchev–Trinajstić information content (AvgIpc) is 3.15. The number of aromatic amines is 1. The van der Waals surface area contributed by atoms with E-state index >= 15 is 0 Å². The molecule has 0 spiro atoms. The zero-order chi connectivity index (χ0) is 15.9. The molecule has 1 saturated heterocycles. The number of H-pyrrole nitrogens is 1. The number of carbonyl (C=O) groups is 1. The second-order valence-electron chi connectivity index (χ2n) is 5.42. The van der Waals surface area contributed by atoms with Crippen molar-refractivity contribution in [2.24, 2.45) is 0 Å². The van der Waals surface area contributed by atoms with E-state index in [1.165, 1.54) is 17.2 Å². The van der Waals surface area contributed by atoms with Gasteiger partial charge in [0.15, 0.2) is 5.82 Å². The number of nitrogens with one attached hydrogen (secondary N) is 1. The molecule has 0 saturated carbocycles. The maximum absolute atomic E-state index is 14.2. The normalized spacial score (nSPS) is 21.4. The highest BCUT2D eigenvalue weighted by Gasteiger charge is 2.42. The molecule has 116 valence electrons. The van der Waals surface area contributed by atoms with Gasteiger partial charge < -0.3 is 10.0 Å². The molecule has 1 atom stereocenters. The van der Waals surface area contributed by atoms with E-state index in [0.29, 0.717) is 24.2 Å². The van der Waals surface area contributed by atoms with Crippen molar-refractivity contribution in [3.8, 4) is 0 Å². The van der Waals surface area contributed by atoms with Crippen LogP contribution in [0.25, 0.3) is 0 Å². The lowest BCUT2D eigenvalue weighted by Gasteiger charge is -2.21. The third-order valence-corrected chi connectivity index (χ3v) is 4.40. The SMILES string of the molecule is Cc1ccc(C(=O)N2CCC(O)(c3cn[nH]n3)C2)c(F)c1Cl. The van der Waals surface area contributed by atoms with Gasteiger partial charge in [-0.3, -0.25) is 4.79 Å². The van der Waals surface area contributed by atoms with Crippen LogP contribution in [0.3, 0.4) is 0 Å². The first-order chi connectivity index (χ1) is 10.4. The molecule has 0 bridgehead atoms. The minimum atomic E-state index is -1.27. The average molecular weight is 325 g/mol. The maximum Gasteiger partial charge on any atom is 0.256 e. The fourth-order valence-electron chi connectivity index (χ4n) is 2.58. The largest absolute Gasteiger partial charge is 0.381 e. The minimum absolute atomic E-state index is 0.0311. The zero-order valence-electron chi connectivity index (χ0n) is 11.8. The highest BCUT2D eigenvalue weighted by atomic mass is 35.5. The van der Waals surface area contributed by atoms with Gasteiger partial charge in [0, 0.05) is 13.0 Å². The Morgan fingerprint density at radius 3 is 3.00 bits per heavy atom. The molecule has 3 rings (SSSR count). The maximum atomic E-state index is 14.2. The van der Waals surface area contributed by atoms with Crippen molar-refractivity contribution >= 4 is 17.5 Å². The number of aryl methyl sites for hydroxylation is 1. The van der Waals surface area contributed by atoms with Crippen LogP contribution in [0.15, 0.2) is 18.3 Å². The predicted molar refractivity (Wildman–Crippen MR) is 76.9 cm³/mol. The number of halogens is 2. The fraction of sp³-hybridized carbons (Fsp3) is 0.357. The molecule has 22 heavy (non-hydrogen) atoms. The Kier molecular flexibility index (Phi) is 3.62. The van der Waals surface area contributed by atoms with Crippen molar-refractivity contribution < 1.29 is 14.3 Å². The van der Waals surface area contributed by atoms with Gasteiger partial charge in [0.1, 0.15) is 11.3 Å². The molecule has 2 heterocycles. The van der Waals surface area contributed by atoms with Crippen molar-refractivity contribution in [2.45, 2.75) is 18.9 Å². The lowest BCUT2D eigenvalue weighted by molar-refractivity contribution is 0.0380. The van der Waals surface area contributed by atoms with E-state index in [2.05, 4.69) is 15.4 Å². The molecule has 0 radical (unpaired) electrons. The van der Waals surface area contributed by atoms with Gasteiger partial charge in [-0.2, -0.15) is 15.4 Å². The molecule has 1 aliphatic heterocycles. The summed E-state index contributed by atoms with van der Waals surface area (Å²) in [6.45, 7) is 2.00. The van der Waals surface area contributed by atoms with Gasteiger partial charge in [-0.05, 0) is 18.6 Å². The van der Waals surface area contributed by atoms with E-state index in [1.807, 2.05) is 0 Å². The number of carbonyl (C=O) groups excluding carboxylic acids is 1. The minimum Gasteiger partial charge on any atom is -0.381 e. The van der Waals surface area contributed by atoms with Crippen LogP contribution in [-0.4, -0.2) is 44.4 Å². The van der Waals surface area contributed by atoms with Gasteiger partial charge in [0.2, 0.25) is 0 Å². The summed E-state index contributed by atoms with van der Waals surface area (Å²) < 4.78 is 14.2. The van der Waals surface area contributed by atoms with E-state index in [1.54, 1.807) is 13.0 Å². The van der Waals surface area contributed by atoms with Gasteiger partial charge in [-0.15, -0.1) is 0 Å². The summed E-state index contributed by atoms with van der Waals surface area (Å²) in [5.41, 5.74) is -0.436. The van der Waals surface area contributed by atoms with Crippen molar-refractivity contribution in [1.29, 1.82) is 0 Å². The molecule has 2 aromatic rings. The molecular formula is C14H14ClFN4O2. The number of aromatic nitrogens is 3. The Morgan fingerprint density at radius 1 is 1.55 bits per heavy atom. The number of hydrogen-bond acceptors (Lipinski definition) is 4. The molecule has 2 N–H and O–H groups in total.